The normalized spacial score (nSPS) is 12.2. The van der Waals surface area contributed by atoms with Crippen molar-refractivity contribution in [2.75, 3.05) is 0 Å². The number of amides is 1. The second-order valence-corrected chi connectivity index (χ2v) is 5.64. The second-order valence-electron chi connectivity index (χ2n) is 4.33. The highest BCUT2D eigenvalue weighted by Crippen LogP contribution is 2.20. The Morgan fingerprint density at radius 2 is 2.25 bits per heavy atom. The first kappa shape index (κ1) is 14.9. The second kappa shape index (κ2) is 6.81. The van der Waals surface area contributed by atoms with E-state index in [9.17, 15) is 4.79 Å². The van der Waals surface area contributed by atoms with Crippen molar-refractivity contribution in [3.8, 4) is 0 Å². The van der Waals surface area contributed by atoms with E-state index in [1.165, 1.54) is 11.3 Å². The van der Waals surface area contributed by atoms with Crippen LogP contribution in [-0.2, 0) is 6.42 Å². The van der Waals surface area contributed by atoms with Crippen LogP contribution < -0.4 is 5.32 Å². The average Bonchev–Trinajstić information content (AvgIpc) is 2.97. The Hall–Kier alpha value is -1.46. The number of pyridine rings is 1. The van der Waals surface area contributed by atoms with Crippen LogP contribution in [0, 0.1) is 0 Å². The molecule has 0 saturated carbocycles. The Bertz CT molecular complexity index is 586. The number of nitrogens with zero attached hydrogens (tertiary/aromatic N) is 2. The van der Waals surface area contributed by atoms with Crippen LogP contribution in [0.1, 0.15) is 47.4 Å². The van der Waals surface area contributed by atoms with Gasteiger partial charge in [-0.05, 0) is 25.0 Å². The molecule has 2 rings (SSSR count). The van der Waals surface area contributed by atoms with Gasteiger partial charge in [0.2, 0.25) is 0 Å². The van der Waals surface area contributed by atoms with Crippen LogP contribution in [0.15, 0.2) is 23.7 Å². The van der Waals surface area contributed by atoms with Gasteiger partial charge in [-0.1, -0.05) is 25.4 Å². The molecule has 2 aromatic rings. The first-order valence-corrected chi connectivity index (χ1v) is 7.76. The molecule has 6 heteroatoms. The lowest BCUT2D eigenvalue weighted by Gasteiger charge is -2.14. The Labute approximate surface area is 127 Å². The van der Waals surface area contributed by atoms with Crippen LogP contribution in [0.3, 0.4) is 0 Å². The van der Waals surface area contributed by atoms with Crippen molar-refractivity contribution in [3.05, 3.63) is 45.1 Å². The summed E-state index contributed by atoms with van der Waals surface area (Å²) in [4.78, 5) is 20.7. The number of halogens is 1. The van der Waals surface area contributed by atoms with E-state index in [0.717, 1.165) is 23.5 Å². The minimum Gasteiger partial charge on any atom is -0.343 e. The molecule has 4 nitrogen and oxygen atoms in total. The number of hydrogen-bond acceptors (Lipinski definition) is 4. The summed E-state index contributed by atoms with van der Waals surface area (Å²) < 4.78 is 0. The molecule has 20 heavy (non-hydrogen) atoms. The van der Waals surface area contributed by atoms with E-state index in [0.29, 0.717) is 10.7 Å². The quantitative estimate of drug-likeness (QED) is 0.858. The van der Waals surface area contributed by atoms with Gasteiger partial charge in [-0.2, -0.15) is 0 Å². The van der Waals surface area contributed by atoms with Gasteiger partial charge >= 0.3 is 0 Å². The molecule has 0 aliphatic rings. The third-order valence-corrected chi connectivity index (χ3v) is 4.02. The molecule has 0 aliphatic carbocycles. The molecule has 0 saturated heterocycles. The van der Waals surface area contributed by atoms with Crippen molar-refractivity contribution < 1.29 is 4.79 Å². The zero-order valence-corrected chi connectivity index (χ0v) is 13.0. The summed E-state index contributed by atoms with van der Waals surface area (Å²) in [5.41, 5.74) is 1.35. The van der Waals surface area contributed by atoms with Crippen molar-refractivity contribution in [1.82, 2.24) is 15.3 Å². The monoisotopic (exact) mass is 309 g/mol. The fraction of sp³-hybridized carbons (Fsp3) is 0.357. The van der Waals surface area contributed by atoms with E-state index in [2.05, 4.69) is 15.3 Å². The van der Waals surface area contributed by atoms with Gasteiger partial charge in [0.1, 0.15) is 10.2 Å². The molecule has 0 radical (unpaired) electrons. The van der Waals surface area contributed by atoms with Gasteiger partial charge in [0.05, 0.1) is 6.04 Å². The molecule has 0 aromatic carbocycles. The number of nitrogens with one attached hydrogen (secondary N) is 1. The first-order chi connectivity index (χ1) is 9.63. The van der Waals surface area contributed by atoms with Crippen LogP contribution in [0.5, 0.6) is 0 Å². The summed E-state index contributed by atoms with van der Waals surface area (Å²) in [6, 6.07) is 3.29. The number of hydrogen-bond donors (Lipinski definition) is 1. The van der Waals surface area contributed by atoms with Crippen LogP contribution in [-0.4, -0.2) is 15.9 Å². The van der Waals surface area contributed by atoms with Crippen molar-refractivity contribution in [2.45, 2.75) is 32.7 Å². The molecule has 0 fully saturated rings. The molecular weight excluding hydrogens is 294 g/mol. The Balaban J connectivity index is 2.17. The third-order valence-electron chi connectivity index (χ3n) is 2.93. The van der Waals surface area contributed by atoms with Gasteiger partial charge in [0.25, 0.3) is 5.91 Å². The number of thiazole rings is 1. The van der Waals surface area contributed by atoms with Gasteiger partial charge < -0.3 is 5.32 Å². The predicted molar refractivity (Wildman–Crippen MR) is 81.2 cm³/mol. The molecule has 0 spiro atoms. The fourth-order valence-electron chi connectivity index (χ4n) is 1.85. The van der Waals surface area contributed by atoms with E-state index in [1.54, 1.807) is 18.3 Å². The molecule has 2 heterocycles. The zero-order chi connectivity index (χ0) is 14.5. The average molecular weight is 310 g/mol. The number of aromatic nitrogens is 2. The Kier molecular flexibility index (Phi) is 5.09. The van der Waals surface area contributed by atoms with Crippen LogP contribution in [0.25, 0.3) is 0 Å². The summed E-state index contributed by atoms with van der Waals surface area (Å²) in [6.07, 6.45) is 3.27. The molecule has 2 aromatic heterocycles. The lowest BCUT2D eigenvalue weighted by atomic mass is 10.1. The molecule has 0 bridgehead atoms. The Morgan fingerprint density at radius 3 is 2.85 bits per heavy atom. The SMILES string of the molecule is CCc1cc(C(=O)NC(CC)c2nccs2)cc(Cl)n1. The standard InChI is InChI=1S/C14H16ClN3OS/c1-3-10-7-9(8-12(15)17-10)13(19)18-11(4-2)14-16-5-6-20-14/h5-8,11H,3-4H2,1-2H3,(H,18,19). The van der Waals surface area contributed by atoms with E-state index in [4.69, 9.17) is 11.6 Å². The number of carbonyl (C=O) groups is 1. The van der Waals surface area contributed by atoms with Crippen molar-refractivity contribution in [3.63, 3.8) is 0 Å². The number of aryl methyl sites for hydroxylation is 1. The predicted octanol–water partition coefficient (Wildman–Crippen LogP) is 3.64. The summed E-state index contributed by atoms with van der Waals surface area (Å²) in [7, 11) is 0. The lowest BCUT2D eigenvalue weighted by molar-refractivity contribution is 0.0935. The summed E-state index contributed by atoms with van der Waals surface area (Å²) in [5.74, 6) is -0.147. The van der Waals surface area contributed by atoms with Gasteiger partial charge in [0.15, 0.2) is 0 Å². The first-order valence-electron chi connectivity index (χ1n) is 6.50. The highest BCUT2D eigenvalue weighted by atomic mass is 35.5. The third kappa shape index (κ3) is 3.55. The maximum atomic E-state index is 12.3. The smallest absolute Gasteiger partial charge is 0.252 e. The highest BCUT2D eigenvalue weighted by molar-refractivity contribution is 7.09. The lowest BCUT2D eigenvalue weighted by Crippen LogP contribution is -2.28. The minimum atomic E-state index is -0.147. The summed E-state index contributed by atoms with van der Waals surface area (Å²) >= 11 is 7.48. The summed E-state index contributed by atoms with van der Waals surface area (Å²) in [5, 5.41) is 6.15. The molecule has 1 N–H and O–H groups in total. The van der Waals surface area contributed by atoms with Gasteiger partial charge in [-0.3, -0.25) is 4.79 Å². The van der Waals surface area contributed by atoms with Gasteiger partial charge in [0, 0.05) is 22.8 Å². The van der Waals surface area contributed by atoms with Crippen LogP contribution in [0.2, 0.25) is 5.15 Å². The molecular formula is C14H16ClN3OS. The van der Waals surface area contributed by atoms with E-state index in [1.807, 2.05) is 19.2 Å². The maximum Gasteiger partial charge on any atom is 0.252 e. The highest BCUT2D eigenvalue weighted by Gasteiger charge is 2.17. The van der Waals surface area contributed by atoms with E-state index < -0.39 is 0 Å². The summed E-state index contributed by atoms with van der Waals surface area (Å²) in [6.45, 7) is 3.99. The molecule has 106 valence electrons. The number of rotatable bonds is 5. The van der Waals surface area contributed by atoms with E-state index in [-0.39, 0.29) is 11.9 Å². The van der Waals surface area contributed by atoms with Crippen molar-refractivity contribution in [2.24, 2.45) is 0 Å². The van der Waals surface area contributed by atoms with E-state index >= 15 is 0 Å². The molecule has 0 aliphatic heterocycles. The Morgan fingerprint density at radius 1 is 1.45 bits per heavy atom. The van der Waals surface area contributed by atoms with Crippen LogP contribution in [0.4, 0.5) is 0 Å². The number of carbonyl (C=O) groups excluding carboxylic acids is 1. The zero-order valence-electron chi connectivity index (χ0n) is 11.4. The van der Waals surface area contributed by atoms with Crippen molar-refractivity contribution in [1.29, 1.82) is 0 Å². The largest absolute Gasteiger partial charge is 0.343 e. The topological polar surface area (TPSA) is 54.9 Å². The minimum absolute atomic E-state index is 0.0699. The van der Waals surface area contributed by atoms with Crippen molar-refractivity contribution >= 4 is 28.8 Å². The molecule has 1 unspecified atom stereocenters. The molecule has 1 atom stereocenters. The van der Waals surface area contributed by atoms with Gasteiger partial charge in [-0.25, -0.2) is 9.97 Å². The van der Waals surface area contributed by atoms with Gasteiger partial charge in [-0.15, -0.1) is 11.3 Å². The maximum absolute atomic E-state index is 12.3. The molecule has 1 amide bonds. The fourth-order valence-corrected chi connectivity index (χ4v) is 2.85. The van der Waals surface area contributed by atoms with Crippen LogP contribution >= 0.6 is 22.9 Å².